The molecule has 12 heavy (non-hydrogen) atoms. The van der Waals surface area contributed by atoms with Crippen molar-refractivity contribution in [3.63, 3.8) is 0 Å². The van der Waals surface area contributed by atoms with Gasteiger partial charge in [0.15, 0.2) is 6.04 Å². The van der Waals surface area contributed by atoms with E-state index in [0.717, 1.165) is 13.2 Å². The minimum Gasteiger partial charge on any atom is -0.469 e. The molecule has 66 valence electrons. The Labute approximate surface area is 69.1 Å². The van der Waals surface area contributed by atoms with Gasteiger partial charge >= 0.3 is 5.97 Å². The standard InChI is InChI=1S/C6H9N3O3/c1-3-4(10)5(8-9-7)6(11)12-2/h3-5,10H,1H2,2H3/t4-,5+/m0/s1. The molecule has 0 rings (SSSR count). The topological polar surface area (TPSA) is 95.3 Å². The molecule has 6 nitrogen and oxygen atoms in total. The van der Waals surface area contributed by atoms with Crippen LogP contribution in [0.1, 0.15) is 0 Å². The number of esters is 1. The Kier molecular flexibility index (Phi) is 4.52. The van der Waals surface area contributed by atoms with Gasteiger partial charge in [0.2, 0.25) is 0 Å². The van der Waals surface area contributed by atoms with Crippen LogP contribution in [0.5, 0.6) is 0 Å². The number of hydrogen-bond donors (Lipinski definition) is 1. The average Bonchev–Trinajstić information content (AvgIpc) is 2.11. The van der Waals surface area contributed by atoms with Gasteiger partial charge in [-0.15, -0.1) is 6.58 Å². The monoisotopic (exact) mass is 171 g/mol. The average molecular weight is 171 g/mol. The molecule has 0 aliphatic rings. The number of ether oxygens (including phenoxy) is 1. The van der Waals surface area contributed by atoms with Gasteiger partial charge < -0.3 is 9.84 Å². The number of rotatable bonds is 4. The molecular formula is C6H9N3O3. The van der Waals surface area contributed by atoms with E-state index < -0.39 is 18.1 Å². The number of hydrogen-bond acceptors (Lipinski definition) is 4. The van der Waals surface area contributed by atoms with E-state index in [9.17, 15) is 4.79 Å². The van der Waals surface area contributed by atoms with E-state index in [-0.39, 0.29) is 0 Å². The van der Waals surface area contributed by atoms with Crippen LogP contribution in [0.15, 0.2) is 17.8 Å². The van der Waals surface area contributed by atoms with Crippen molar-refractivity contribution < 1.29 is 14.6 Å². The lowest BCUT2D eigenvalue weighted by atomic mass is 10.2. The highest BCUT2D eigenvalue weighted by Gasteiger charge is 2.23. The number of aliphatic hydroxyl groups is 1. The van der Waals surface area contributed by atoms with Crippen molar-refractivity contribution in [1.82, 2.24) is 0 Å². The van der Waals surface area contributed by atoms with E-state index in [1.807, 2.05) is 0 Å². The molecule has 0 aliphatic carbocycles. The zero-order valence-corrected chi connectivity index (χ0v) is 6.54. The van der Waals surface area contributed by atoms with Crippen molar-refractivity contribution in [2.75, 3.05) is 7.11 Å². The zero-order valence-electron chi connectivity index (χ0n) is 6.54. The van der Waals surface area contributed by atoms with E-state index >= 15 is 0 Å². The number of azide groups is 1. The minimum absolute atomic E-state index is 0.791. The fraction of sp³-hybridized carbons (Fsp3) is 0.500. The Morgan fingerprint density at radius 1 is 1.92 bits per heavy atom. The molecule has 0 aliphatic heterocycles. The van der Waals surface area contributed by atoms with Crippen molar-refractivity contribution in [3.05, 3.63) is 23.1 Å². The largest absolute Gasteiger partial charge is 0.469 e. The molecule has 0 saturated carbocycles. The Hall–Kier alpha value is -1.52. The molecule has 0 aromatic heterocycles. The molecule has 6 heteroatoms. The second-order valence-corrected chi connectivity index (χ2v) is 1.90. The maximum absolute atomic E-state index is 10.8. The summed E-state index contributed by atoms with van der Waals surface area (Å²) in [6, 6.07) is -1.25. The molecule has 0 aromatic rings. The highest BCUT2D eigenvalue weighted by molar-refractivity contribution is 5.76. The summed E-state index contributed by atoms with van der Waals surface area (Å²) in [5.41, 5.74) is 8.03. The summed E-state index contributed by atoms with van der Waals surface area (Å²) >= 11 is 0. The predicted octanol–water partition coefficient (Wildman–Crippen LogP) is 0.385. The molecule has 0 fully saturated rings. The van der Waals surface area contributed by atoms with Crippen molar-refractivity contribution >= 4 is 5.97 Å². The Balaban J connectivity index is 4.52. The molecule has 0 radical (unpaired) electrons. The van der Waals surface area contributed by atoms with Crippen LogP contribution < -0.4 is 0 Å². The molecule has 1 N–H and O–H groups in total. The third-order valence-corrected chi connectivity index (χ3v) is 1.18. The summed E-state index contributed by atoms with van der Waals surface area (Å²) in [5, 5.41) is 12.1. The third-order valence-electron chi connectivity index (χ3n) is 1.18. The van der Waals surface area contributed by atoms with Crippen molar-refractivity contribution in [1.29, 1.82) is 0 Å². The summed E-state index contributed by atoms with van der Waals surface area (Å²) in [4.78, 5) is 13.2. The lowest BCUT2D eigenvalue weighted by Crippen LogP contribution is -2.31. The van der Waals surface area contributed by atoms with Gasteiger partial charge in [-0.1, -0.05) is 11.2 Å². The Morgan fingerprint density at radius 3 is 2.83 bits per heavy atom. The lowest BCUT2D eigenvalue weighted by molar-refractivity contribution is -0.144. The van der Waals surface area contributed by atoms with Crippen molar-refractivity contribution in [2.45, 2.75) is 12.1 Å². The highest BCUT2D eigenvalue weighted by Crippen LogP contribution is 2.02. The molecule has 2 atom stereocenters. The fourth-order valence-corrected chi connectivity index (χ4v) is 0.560. The summed E-state index contributed by atoms with van der Waals surface area (Å²) < 4.78 is 4.28. The van der Waals surface area contributed by atoms with Gasteiger partial charge in [0.05, 0.1) is 13.2 Å². The number of methoxy groups -OCH3 is 1. The smallest absolute Gasteiger partial charge is 0.317 e. The van der Waals surface area contributed by atoms with Gasteiger partial charge in [-0.25, -0.2) is 0 Å². The van der Waals surface area contributed by atoms with E-state index in [1.165, 1.54) is 0 Å². The fourth-order valence-electron chi connectivity index (χ4n) is 0.560. The maximum atomic E-state index is 10.8. The molecule has 0 aromatic carbocycles. The first-order valence-corrected chi connectivity index (χ1v) is 3.10. The molecule has 0 spiro atoms. The van der Waals surface area contributed by atoms with Gasteiger partial charge in [-0.2, -0.15) is 0 Å². The minimum atomic E-state index is -1.25. The maximum Gasteiger partial charge on any atom is 0.317 e. The van der Waals surface area contributed by atoms with Crippen LogP contribution in [0, 0.1) is 0 Å². The van der Waals surface area contributed by atoms with Gasteiger partial charge in [0.1, 0.15) is 0 Å². The Morgan fingerprint density at radius 2 is 2.50 bits per heavy atom. The second kappa shape index (κ2) is 5.17. The lowest BCUT2D eigenvalue weighted by Gasteiger charge is -2.11. The SMILES string of the molecule is C=C[C@H](O)[C@@H](N=[N+]=[N-])C(=O)OC. The Bertz CT molecular complexity index is 222. The van der Waals surface area contributed by atoms with Crippen LogP contribution in [0.2, 0.25) is 0 Å². The molecule has 0 saturated heterocycles. The number of carbonyl (C=O) groups excluding carboxylic acids is 1. The molecular weight excluding hydrogens is 162 g/mol. The van der Waals surface area contributed by atoms with Crippen LogP contribution in [0.4, 0.5) is 0 Å². The first-order chi connectivity index (χ1) is 5.67. The molecule has 0 bridgehead atoms. The quantitative estimate of drug-likeness (QED) is 0.218. The van der Waals surface area contributed by atoms with E-state index in [1.54, 1.807) is 0 Å². The van der Waals surface area contributed by atoms with E-state index in [2.05, 4.69) is 21.3 Å². The summed E-state index contributed by atoms with van der Waals surface area (Å²) in [7, 11) is 1.14. The third kappa shape index (κ3) is 2.61. The first-order valence-electron chi connectivity index (χ1n) is 3.10. The molecule has 0 unspecified atom stereocenters. The highest BCUT2D eigenvalue weighted by atomic mass is 16.5. The van der Waals surface area contributed by atoms with Crippen LogP contribution in [-0.4, -0.2) is 30.3 Å². The van der Waals surface area contributed by atoms with Gasteiger partial charge in [-0.3, -0.25) is 4.79 Å². The number of nitrogens with zero attached hydrogens (tertiary/aromatic N) is 3. The summed E-state index contributed by atoms with van der Waals surface area (Å²) in [6.45, 7) is 3.24. The zero-order chi connectivity index (χ0) is 9.56. The van der Waals surface area contributed by atoms with Crippen LogP contribution in [-0.2, 0) is 9.53 Å². The summed E-state index contributed by atoms with van der Waals surface area (Å²) in [5.74, 6) is -0.791. The summed E-state index contributed by atoms with van der Waals surface area (Å²) in [6.07, 6.45) is -0.121. The normalized spacial score (nSPS) is 13.8. The molecule has 0 heterocycles. The van der Waals surface area contributed by atoms with Gasteiger partial charge in [0, 0.05) is 4.91 Å². The number of carbonyl (C=O) groups is 1. The van der Waals surface area contributed by atoms with Gasteiger partial charge in [0.25, 0.3) is 0 Å². The van der Waals surface area contributed by atoms with Crippen molar-refractivity contribution in [2.24, 2.45) is 5.11 Å². The first kappa shape index (κ1) is 10.5. The van der Waals surface area contributed by atoms with Crippen LogP contribution in [0.3, 0.4) is 0 Å². The molecule has 0 amide bonds. The predicted molar refractivity (Wildman–Crippen MR) is 41.2 cm³/mol. The van der Waals surface area contributed by atoms with Gasteiger partial charge in [-0.05, 0) is 5.53 Å². The van der Waals surface area contributed by atoms with E-state index in [0.29, 0.717) is 0 Å². The number of aliphatic hydroxyl groups excluding tert-OH is 1. The van der Waals surface area contributed by atoms with E-state index in [4.69, 9.17) is 10.6 Å². The van der Waals surface area contributed by atoms with Crippen LogP contribution in [0.25, 0.3) is 10.4 Å². The van der Waals surface area contributed by atoms with Crippen molar-refractivity contribution in [3.8, 4) is 0 Å². The second-order valence-electron chi connectivity index (χ2n) is 1.90. The van der Waals surface area contributed by atoms with Crippen LogP contribution >= 0.6 is 0 Å².